The van der Waals surface area contributed by atoms with E-state index in [9.17, 15) is 0 Å². The minimum absolute atomic E-state index is 0.408. The summed E-state index contributed by atoms with van der Waals surface area (Å²) in [4.78, 5) is 8.39. The van der Waals surface area contributed by atoms with Gasteiger partial charge in [0, 0.05) is 30.2 Å². The minimum Gasteiger partial charge on any atom is -0.348 e. The monoisotopic (exact) mass is 253 g/mol. The van der Waals surface area contributed by atoms with Crippen molar-refractivity contribution in [3.8, 4) is 0 Å². The normalized spacial score (nSPS) is 17.1. The summed E-state index contributed by atoms with van der Waals surface area (Å²) < 4.78 is 0. The lowest BCUT2D eigenvalue weighted by Crippen LogP contribution is -2.26. The molecular formula is C13H23N3S. The lowest BCUT2D eigenvalue weighted by Gasteiger charge is -2.20. The molecule has 0 amide bonds. The van der Waals surface area contributed by atoms with Crippen molar-refractivity contribution < 1.29 is 0 Å². The molecule has 1 N–H and O–H groups in total. The fraction of sp³-hybridized carbons (Fsp3) is 0.769. The van der Waals surface area contributed by atoms with Crippen LogP contribution >= 0.6 is 11.3 Å². The van der Waals surface area contributed by atoms with Crippen molar-refractivity contribution >= 4 is 16.5 Å². The third-order valence-corrected chi connectivity index (χ3v) is 4.55. The summed E-state index contributed by atoms with van der Waals surface area (Å²) in [5.41, 5.74) is 0. The highest BCUT2D eigenvalue weighted by molar-refractivity contribution is 7.15. The molecule has 2 rings (SSSR count). The molecule has 0 aliphatic heterocycles. The van der Waals surface area contributed by atoms with Gasteiger partial charge in [0.1, 0.15) is 0 Å². The summed E-state index contributed by atoms with van der Waals surface area (Å²) in [6.07, 6.45) is 6.04. The first kappa shape index (κ1) is 12.8. The molecule has 4 heteroatoms. The van der Waals surface area contributed by atoms with Crippen molar-refractivity contribution in [2.75, 3.05) is 25.0 Å². The van der Waals surface area contributed by atoms with Crippen LogP contribution in [-0.2, 0) is 0 Å². The summed E-state index contributed by atoms with van der Waals surface area (Å²) in [6, 6.07) is 0.408. The Bertz CT molecular complexity index is 346. The molecule has 0 spiro atoms. The molecule has 17 heavy (non-hydrogen) atoms. The van der Waals surface area contributed by atoms with Crippen LogP contribution in [0.5, 0.6) is 0 Å². The molecule has 1 fully saturated rings. The van der Waals surface area contributed by atoms with Crippen molar-refractivity contribution in [2.45, 2.75) is 39.2 Å². The van der Waals surface area contributed by atoms with E-state index in [1.807, 2.05) is 24.6 Å². The largest absolute Gasteiger partial charge is 0.348 e. The fourth-order valence-corrected chi connectivity index (χ4v) is 2.92. The number of thiazole rings is 1. The maximum absolute atomic E-state index is 4.59. The molecule has 3 nitrogen and oxygen atoms in total. The number of nitrogens with one attached hydrogen (secondary N) is 1. The van der Waals surface area contributed by atoms with Crippen molar-refractivity contribution in [1.82, 2.24) is 10.3 Å². The average Bonchev–Trinajstić information content (AvgIpc) is 3.02. The van der Waals surface area contributed by atoms with Gasteiger partial charge in [0.05, 0.1) is 0 Å². The second-order valence-corrected chi connectivity index (χ2v) is 5.99. The van der Waals surface area contributed by atoms with Gasteiger partial charge >= 0.3 is 0 Å². The van der Waals surface area contributed by atoms with E-state index in [4.69, 9.17) is 0 Å². The van der Waals surface area contributed by atoms with Crippen LogP contribution in [0.3, 0.4) is 0 Å². The maximum Gasteiger partial charge on any atom is 0.185 e. The Morgan fingerprint density at radius 2 is 2.35 bits per heavy atom. The zero-order valence-corrected chi connectivity index (χ0v) is 11.9. The van der Waals surface area contributed by atoms with Gasteiger partial charge in [0.2, 0.25) is 0 Å². The number of rotatable bonds is 7. The first-order valence-electron chi connectivity index (χ1n) is 6.62. The SMILES string of the molecule is CCCN(CC1CC1)c1ncc(C(C)NC)s1. The summed E-state index contributed by atoms with van der Waals surface area (Å²) in [5.74, 6) is 0.927. The number of hydrogen-bond donors (Lipinski definition) is 1. The quantitative estimate of drug-likeness (QED) is 0.809. The summed E-state index contributed by atoms with van der Waals surface area (Å²) in [5, 5.41) is 4.47. The Balaban J connectivity index is 2.03. The molecule has 0 radical (unpaired) electrons. The molecule has 0 saturated heterocycles. The molecule has 1 heterocycles. The van der Waals surface area contributed by atoms with Gasteiger partial charge in [-0.25, -0.2) is 4.98 Å². The van der Waals surface area contributed by atoms with E-state index in [-0.39, 0.29) is 0 Å². The van der Waals surface area contributed by atoms with Crippen LogP contribution in [0.15, 0.2) is 6.20 Å². The molecule has 1 unspecified atom stereocenters. The lowest BCUT2D eigenvalue weighted by molar-refractivity contribution is 0.662. The molecule has 1 atom stereocenters. The van der Waals surface area contributed by atoms with Gasteiger partial charge in [0.25, 0.3) is 0 Å². The third kappa shape index (κ3) is 3.42. The van der Waals surface area contributed by atoms with Gasteiger partial charge < -0.3 is 10.2 Å². The smallest absolute Gasteiger partial charge is 0.185 e. The molecular weight excluding hydrogens is 230 g/mol. The van der Waals surface area contributed by atoms with E-state index in [0.29, 0.717) is 6.04 Å². The summed E-state index contributed by atoms with van der Waals surface area (Å²) in [7, 11) is 2.00. The van der Waals surface area contributed by atoms with E-state index in [0.717, 1.165) is 12.5 Å². The van der Waals surface area contributed by atoms with Gasteiger partial charge in [-0.05, 0) is 39.2 Å². The fourth-order valence-electron chi connectivity index (χ4n) is 1.91. The molecule has 1 saturated carbocycles. The molecule has 1 aliphatic carbocycles. The lowest BCUT2D eigenvalue weighted by atomic mass is 10.3. The second kappa shape index (κ2) is 5.83. The van der Waals surface area contributed by atoms with Gasteiger partial charge in [-0.1, -0.05) is 6.92 Å². The molecule has 1 aromatic heterocycles. The van der Waals surface area contributed by atoms with Gasteiger partial charge in [-0.15, -0.1) is 11.3 Å². The van der Waals surface area contributed by atoms with Crippen LogP contribution in [0, 0.1) is 5.92 Å². The van der Waals surface area contributed by atoms with Crippen LogP contribution < -0.4 is 10.2 Å². The van der Waals surface area contributed by atoms with Crippen LogP contribution in [0.1, 0.15) is 44.0 Å². The number of hydrogen-bond acceptors (Lipinski definition) is 4. The standard InChI is InChI=1S/C13H23N3S/c1-4-7-16(9-11-5-6-11)13-15-8-12(17-13)10(2)14-3/h8,10-11,14H,4-7,9H2,1-3H3. The first-order chi connectivity index (χ1) is 8.24. The van der Waals surface area contributed by atoms with E-state index in [2.05, 4.69) is 29.0 Å². The van der Waals surface area contributed by atoms with Gasteiger partial charge in [0.15, 0.2) is 5.13 Å². The first-order valence-corrected chi connectivity index (χ1v) is 7.44. The van der Waals surface area contributed by atoms with E-state index >= 15 is 0 Å². The Kier molecular flexibility index (Phi) is 4.40. The summed E-state index contributed by atoms with van der Waals surface area (Å²) in [6.45, 7) is 6.76. The molecule has 0 aromatic carbocycles. The van der Waals surface area contributed by atoms with Gasteiger partial charge in [-0.3, -0.25) is 0 Å². The summed E-state index contributed by atoms with van der Waals surface area (Å²) >= 11 is 1.84. The van der Waals surface area contributed by atoms with Crippen molar-refractivity contribution in [3.63, 3.8) is 0 Å². The van der Waals surface area contributed by atoms with E-state index in [1.165, 1.54) is 35.8 Å². The average molecular weight is 253 g/mol. The highest BCUT2D eigenvalue weighted by atomic mass is 32.1. The Morgan fingerprint density at radius 1 is 1.59 bits per heavy atom. The van der Waals surface area contributed by atoms with Crippen molar-refractivity contribution in [3.05, 3.63) is 11.1 Å². The Hall–Kier alpha value is -0.610. The van der Waals surface area contributed by atoms with Crippen molar-refractivity contribution in [1.29, 1.82) is 0 Å². The zero-order valence-electron chi connectivity index (χ0n) is 11.1. The van der Waals surface area contributed by atoms with Crippen LogP contribution in [0.2, 0.25) is 0 Å². The second-order valence-electron chi connectivity index (χ2n) is 4.94. The molecule has 1 aliphatic rings. The highest BCUT2D eigenvalue weighted by Crippen LogP contribution is 2.33. The van der Waals surface area contributed by atoms with E-state index < -0.39 is 0 Å². The number of aromatic nitrogens is 1. The third-order valence-electron chi connectivity index (χ3n) is 3.31. The minimum atomic E-state index is 0.408. The zero-order chi connectivity index (χ0) is 12.3. The Morgan fingerprint density at radius 3 is 2.94 bits per heavy atom. The van der Waals surface area contributed by atoms with Gasteiger partial charge in [-0.2, -0.15) is 0 Å². The number of anilines is 1. The highest BCUT2D eigenvalue weighted by Gasteiger charge is 2.25. The van der Waals surface area contributed by atoms with Crippen LogP contribution in [0.4, 0.5) is 5.13 Å². The van der Waals surface area contributed by atoms with Crippen molar-refractivity contribution in [2.24, 2.45) is 5.92 Å². The topological polar surface area (TPSA) is 28.2 Å². The number of nitrogens with zero attached hydrogens (tertiary/aromatic N) is 2. The van der Waals surface area contributed by atoms with Crippen LogP contribution in [-0.4, -0.2) is 25.1 Å². The van der Waals surface area contributed by atoms with Crippen LogP contribution in [0.25, 0.3) is 0 Å². The Labute approximate surface area is 108 Å². The molecule has 96 valence electrons. The molecule has 1 aromatic rings. The predicted octanol–water partition coefficient (Wildman–Crippen LogP) is 3.05. The van der Waals surface area contributed by atoms with E-state index in [1.54, 1.807) is 0 Å². The predicted molar refractivity (Wildman–Crippen MR) is 74.8 cm³/mol. The molecule has 0 bridgehead atoms. The maximum atomic E-state index is 4.59.